The van der Waals surface area contributed by atoms with E-state index in [2.05, 4.69) is 0 Å². The number of unbranched alkanes of at least 4 members (excludes halogenated alkanes) is 1. The maximum absolute atomic E-state index is 13.6. The van der Waals surface area contributed by atoms with E-state index in [-0.39, 0.29) is 83.5 Å². The van der Waals surface area contributed by atoms with Crippen molar-refractivity contribution in [3.05, 3.63) is 12.2 Å². The molecule has 470 valence electrons. The lowest BCUT2D eigenvalue weighted by molar-refractivity contribution is -0.333. The summed E-state index contributed by atoms with van der Waals surface area (Å²) in [4.78, 5) is 50.0. The maximum atomic E-state index is 13.6. The van der Waals surface area contributed by atoms with E-state index in [1.54, 1.807) is 48.5 Å². The molecule has 81 heavy (non-hydrogen) atoms. The Labute approximate surface area is 475 Å². The van der Waals surface area contributed by atoms with Crippen LogP contribution in [0.25, 0.3) is 0 Å². The number of carbonyl (C=O) groups is 4. The molecule has 4 aliphatic heterocycles. The van der Waals surface area contributed by atoms with Crippen LogP contribution in [0.4, 0.5) is 0 Å². The second-order valence-corrected chi connectivity index (χ2v) is 23.9. The van der Waals surface area contributed by atoms with Gasteiger partial charge in [0.25, 0.3) is 0 Å². The molecule has 2 bridgehead atoms. The number of aliphatic hydroxyl groups excluding tert-OH is 11. The molecule has 4 rings (SSSR count). The fourth-order valence-electron chi connectivity index (χ4n) is 11.5. The van der Waals surface area contributed by atoms with Gasteiger partial charge in [-0.1, -0.05) is 54.0 Å². The van der Waals surface area contributed by atoms with Crippen molar-refractivity contribution in [2.45, 2.75) is 293 Å². The molecule has 26 atom stereocenters. The van der Waals surface area contributed by atoms with Gasteiger partial charge in [0.2, 0.25) is 0 Å². The van der Waals surface area contributed by atoms with Crippen molar-refractivity contribution in [2.24, 2.45) is 29.6 Å². The van der Waals surface area contributed by atoms with Gasteiger partial charge in [0.1, 0.15) is 43.0 Å². The number of ether oxygens (including phenoxy) is 7. The van der Waals surface area contributed by atoms with Crippen LogP contribution in [-0.4, -0.2) is 218 Å². The molecule has 22 unspecified atom stereocenters. The van der Waals surface area contributed by atoms with Crippen molar-refractivity contribution in [2.75, 3.05) is 0 Å². The molecular weight excluding hydrogens is 1070 g/mol. The third-order valence-corrected chi connectivity index (χ3v) is 16.9. The smallest absolute Gasteiger partial charge is 0.330 e. The van der Waals surface area contributed by atoms with Crippen LogP contribution in [0.2, 0.25) is 0 Å². The SMILES string of the molecule is CCCCC(=O)OC1CC(OC(C)C(C)C(O)C(C)C(O)C(C)C2OC(=O)/C=C/CC(O)CC(O)CC(O)CCC(C)C(O)C[C@]3(O)O[C@@H](CC(O)CC(OC(=O)CC(=O)O)CCCC(O)C4OC4C2C)C[C@H](O)[C@H]3O)OC(C)C1O. The van der Waals surface area contributed by atoms with Crippen LogP contribution in [0.15, 0.2) is 12.2 Å². The average molecular weight is 1170 g/mol. The molecule has 0 aromatic rings. The second-order valence-electron chi connectivity index (χ2n) is 23.9. The van der Waals surface area contributed by atoms with E-state index in [0.29, 0.717) is 6.42 Å². The predicted molar refractivity (Wildman–Crippen MR) is 286 cm³/mol. The van der Waals surface area contributed by atoms with E-state index in [0.717, 1.165) is 12.5 Å². The van der Waals surface area contributed by atoms with Gasteiger partial charge in [-0.3, -0.25) is 14.4 Å². The summed E-state index contributed by atoms with van der Waals surface area (Å²) >= 11 is 0. The molecule has 3 saturated heterocycles. The highest BCUT2D eigenvalue weighted by atomic mass is 16.7. The van der Waals surface area contributed by atoms with Gasteiger partial charge in [-0.05, 0) is 84.0 Å². The Kier molecular flexibility index (Phi) is 28.7. The number of hydrogen-bond donors (Lipinski definition) is 13. The van der Waals surface area contributed by atoms with E-state index in [4.69, 9.17) is 33.2 Å². The van der Waals surface area contributed by atoms with Crippen molar-refractivity contribution in [3.8, 4) is 0 Å². The van der Waals surface area contributed by atoms with Crippen LogP contribution in [-0.2, 0) is 52.3 Å². The first-order valence-corrected chi connectivity index (χ1v) is 29.3. The number of hydrogen-bond acceptors (Lipinski definition) is 23. The molecule has 3 fully saturated rings. The Balaban J connectivity index is 1.53. The number of aliphatic hydroxyl groups is 12. The molecule has 0 saturated carbocycles. The summed E-state index contributed by atoms with van der Waals surface area (Å²) in [5, 5.41) is 143. The number of rotatable bonds is 15. The highest BCUT2D eigenvalue weighted by Crippen LogP contribution is 2.41. The monoisotopic (exact) mass is 1170 g/mol. The fourth-order valence-corrected chi connectivity index (χ4v) is 11.5. The number of fused-ring (bicyclic) bond motifs is 3. The van der Waals surface area contributed by atoms with Crippen molar-refractivity contribution in [3.63, 3.8) is 0 Å². The van der Waals surface area contributed by atoms with Crippen molar-refractivity contribution in [1.82, 2.24) is 0 Å². The molecule has 4 heterocycles. The van der Waals surface area contributed by atoms with Crippen molar-refractivity contribution in [1.29, 1.82) is 0 Å². The van der Waals surface area contributed by atoms with E-state index < -0.39 is 194 Å². The summed E-state index contributed by atoms with van der Waals surface area (Å²) in [6.45, 7) is 13.6. The maximum Gasteiger partial charge on any atom is 0.330 e. The Morgan fingerprint density at radius 2 is 1.40 bits per heavy atom. The van der Waals surface area contributed by atoms with Crippen LogP contribution in [0.5, 0.6) is 0 Å². The average Bonchev–Trinajstić information content (AvgIpc) is 4.22. The highest BCUT2D eigenvalue weighted by Gasteiger charge is 2.53. The Hall–Kier alpha value is -3.02. The highest BCUT2D eigenvalue weighted by molar-refractivity contribution is 5.90. The molecule has 0 radical (unpaired) electrons. The minimum absolute atomic E-state index is 0.0265. The third-order valence-electron chi connectivity index (χ3n) is 16.9. The molecule has 24 nitrogen and oxygen atoms in total. The summed E-state index contributed by atoms with van der Waals surface area (Å²) in [5.41, 5.74) is 0. The Morgan fingerprint density at radius 3 is 2.06 bits per heavy atom. The van der Waals surface area contributed by atoms with Gasteiger partial charge in [0, 0.05) is 61.9 Å². The van der Waals surface area contributed by atoms with Gasteiger partial charge in [-0.15, -0.1) is 0 Å². The van der Waals surface area contributed by atoms with E-state index in [9.17, 15) is 85.6 Å². The molecule has 0 spiro atoms. The van der Waals surface area contributed by atoms with Crippen LogP contribution in [0.3, 0.4) is 0 Å². The molecule has 4 aliphatic rings. The minimum Gasteiger partial charge on any atom is -0.481 e. The topological polar surface area (TPSA) is 399 Å². The number of esters is 3. The minimum atomic E-state index is -2.47. The van der Waals surface area contributed by atoms with Gasteiger partial charge >= 0.3 is 23.9 Å². The second kappa shape index (κ2) is 33.0. The zero-order chi connectivity index (χ0) is 60.6. The molecular formula is C57H98O24. The van der Waals surface area contributed by atoms with Crippen LogP contribution in [0.1, 0.15) is 165 Å². The number of carbonyl (C=O) groups excluding carboxylic acids is 3. The molecule has 24 heteroatoms. The van der Waals surface area contributed by atoms with Crippen molar-refractivity contribution < 1.29 is 119 Å². The molecule has 0 aliphatic carbocycles. The van der Waals surface area contributed by atoms with Gasteiger partial charge in [-0.25, -0.2) is 4.79 Å². The Morgan fingerprint density at radius 1 is 0.728 bits per heavy atom. The van der Waals surface area contributed by atoms with Gasteiger partial charge in [0.15, 0.2) is 12.1 Å². The largest absolute Gasteiger partial charge is 0.481 e. The lowest BCUT2D eigenvalue weighted by atomic mass is 9.77. The number of cyclic esters (lactones) is 1. The molecule has 0 amide bonds. The quantitative estimate of drug-likeness (QED) is 0.0474. The van der Waals surface area contributed by atoms with E-state index in [1.807, 2.05) is 6.92 Å². The fraction of sp³-hybridized carbons (Fsp3) is 0.895. The standard InChI is InChI=1S/C57H98O24/c1-9-10-16-46(67)78-44-25-49(76-34(8)52(44)72)75-33(7)29(3)50(70)30(4)51(71)31(5)53-32(6)54-55(80-54)41(62)15-12-14-39(77-48(69)26-45(65)66)22-38(61)23-40-24-42(63)56(73)57(74,81-40)27-43(64)28(2)18-19-36(59)21-37(60)20-35(58)13-11-17-47(68)79-53/h11,17,28-44,49-56,58-64,70-74H,9-10,12-16,18-27H2,1-8H3,(H,65,66)/b17-11+/t28?,29?,30?,31?,32?,33?,34?,35?,36?,37?,38?,39?,40-,41?,42-,43?,44?,49?,50?,51?,52?,53?,54?,55?,56+,57-/m0/s1. The normalized spacial score (nSPS) is 40.3. The molecule has 0 aromatic heterocycles. The molecule has 13 N–H and O–H groups in total. The zero-order valence-corrected chi connectivity index (χ0v) is 48.4. The van der Waals surface area contributed by atoms with Gasteiger partial charge in [0.05, 0.1) is 79.4 Å². The number of epoxide rings is 1. The summed E-state index contributed by atoms with van der Waals surface area (Å²) in [7, 11) is 0. The summed E-state index contributed by atoms with van der Waals surface area (Å²) in [5.74, 6) is -10.0. The third kappa shape index (κ3) is 22.1. The lowest BCUT2D eigenvalue weighted by Crippen LogP contribution is -2.59. The summed E-state index contributed by atoms with van der Waals surface area (Å²) in [6.07, 6.45) is -20.3. The summed E-state index contributed by atoms with van der Waals surface area (Å²) < 4.78 is 41.0. The number of aliphatic carboxylic acids is 1. The first kappa shape index (κ1) is 70.5. The van der Waals surface area contributed by atoms with E-state index >= 15 is 0 Å². The van der Waals surface area contributed by atoms with Crippen LogP contribution < -0.4 is 0 Å². The Bertz CT molecular complexity index is 1940. The number of carboxylic acids is 1. The first-order chi connectivity index (χ1) is 37.9. The zero-order valence-electron chi connectivity index (χ0n) is 48.4. The first-order valence-electron chi connectivity index (χ1n) is 29.3. The summed E-state index contributed by atoms with van der Waals surface area (Å²) in [6, 6.07) is 0. The van der Waals surface area contributed by atoms with Crippen LogP contribution >= 0.6 is 0 Å². The van der Waals surface area contributed by atoms with Gasteiger partial charge < -0.3 is 99.5 Å². The lowest BCUT2D eigenvalue weighted by Gasteiger charge is -2.45. The molecule has 0 aromatic carbocycles. The van der Waals surface area contributed by atoms with Gasteiger partial charge in [-0.2, -0.15) is 0 Å². The predicted octanol–water partition coefficient (Wildman–Crippen LogP) is 1.18. The van der Waals surface area contributed by atoms with E-state index in [1.165, 1.54) is 6.08 Å². The van der Waals surface area contributed by atoms with Crippen LogP contribution in [0, 0.1) is 29.6 Å². The van der Waals surface area contributed by atoms with Crippen molar-refractivity contribution >= 4 is 23.9 Å². The number of carboxylic acid groups (broad SMARTS) is 1.